The fourth-order valence-corrected chi connectivity index (χ4v) is 2.21. The first kappa shape index (κ1) is 11.0. The van der Waals surface area contributed by atoms with Crippen LogP contribution in [0, 0.1) is 0 Å². The third-order valence-electron chi connectivity index (χ3n) is 1.84. The van der Waals surface area contributed by atoms with Crippen LogP contribution in [0.3, 0.4) is 0 Å². The molecule has 0 aromatic carbocycles. The molecule has 0 aliphatic heterocycles. The zero-order valence-electron chi connectivity index (χ0n) is 8.54. The minimum atomic E-state index is -0.212. The van der Waals surface area contributed by atoms with Crippen molar-refractivity contribution in [1.82, 2.24) is 5.32 Å². The molecule has 1 rings (SSSR count). The molecule has 3 heteroatoms. The van der Waals surface area contributed by atoms with Crippen molar-refractivity contribution in [2.24, 2.45) is 0 Å². The zero-order valence-corrected chi connectivity index (χ0v) is 9.36. The molecule has 0 aliphatic carbocycles. The van der Waals surface area contributed by atoms with Crippen LogP contribution < -0.4 is 5.32 Å². The van der Waals surface area contributed by atoms with Crippen molar-refractivity contribution in [1.29, 1.82) is 0 Å². The van der Waals surface area contributed by atoms with Gasteiger partial charge in [0.2, 0.25) is 5.91 Å². The second-order valence-corrected chi connectivity index (χ2v) is 4.87. The summed E-state index contributed by atoms with van der Waals surface area (Å²) in [7, 11) is 0. The predicted molar refractivity (Wildman–Crippen MR) is 60.4 cm³/mol. The molecule has 0 saturated heterocycles. The number of hydrogen-bond donors (Lipinski definition) is 1. The van der Waals surface area contributed by atoms with Crippen molar-refractivity contribution >= 4 is 17.2 Å². The van der Waals surface area contributed by atoms with E-state index in [4.69, 9.17) is 0 Å². The predicted octanol–water partition coefficient (Wildman–Crippen LogP) is 2.37. The van der Waals surface area contributed by atoms with Gasteiger partial charge in [-0.05, 0) is 31.4 Å². The largest absolute Gasteiger partial charge is 0.347 e. The first-order valence-corrected chi connectivity index (χ1v) is 5.38. The minimum Gasteiger partial charge on any atom is -0.347 e. The Kier molecular flexibility index (Phi) is 3.47. The Morgan fingerprint density at radius 2 is 2.43 bits per heavy atom. The lowest BCUT2D eigenvalue weighted by atomic mass is 9.99. The Morgan fingerprint density at radius 1 is 1.71 bits per heavy atom. The lowest BCUT2D eigenvalue weighted by molar-refractivity contribution is -0.117. The van der Waals surface area contributed by atoms with Crippen LogP contribution in [0.5, 0.6) is 0 Å². The summed E-state index contributed by atoms with van der Waals surface area (Å²) in [6, 6.07) is 4.10. The average Bonchev–Trinajstić information content (AvgIpc) is 2.54. The standard InChI is InChI=1S/C11H15NOS/c1-4-10(13)12-11(2,3)8-9-6-5-7-14-9/h4-7H,1,8H2,2-3H3,(H,12,13). The first-order valence-electron chi connectivity index (χ1n) is 4.50. The maximum Gasteiger partial charge on any atom is 0.243 e. The third kappa shape index (κ3) is 3.34. The van der Waals surface area contributed by atoms with E-state index in [1.165, 1.54) is 11.0 Å². The van der Waals surface area contributed by atoms with Crippen LogP contribution in [-0.4, -0.2) is 11.4 Å². The maximum atomic E-state index is 11.1. The summed E-state index contributed by atoms with van der Waals surface area (Å²) in [6.45, 7) is 7.45. The molecule has 1 aromatic heterocycles. The highest BCUT2D eigenvalue weighted by atomic mass is 32.1. The number of carbonyl (C=O) groups excluding carboxylic acids is 1. The number of rotatable bonds is 4. The van der Waals surface area contributed by atoms with Gasteiger partial charge in [0.05, 0.1) is 0 Å². The van der Waals surface area contributed by atoms with Gasteiger partial charge in [0.25, 0.3) is 0 Å². The average molecular weight is 209 g/mol. The van der Waals surface area contributed by atoms with Gasteiger partial charge in [0, 0.05) is 16.8 Å². The monoisotopic (exact) mass is 209 g/mol. The highest BCUT2D eigenvalue weighted by Gasteiger charge is 2.19. The molecule has 1 aromatic rings. The Bertz CT molecular complexity index is 314. The van der Waals surface area contributed by atoms with E-state index in [9.17, 15) is 4.79 Å². The van der Waals surface area contributed by atoms with E-state index >= 15 is 0 Å². The van der Waals surface area contributed by atoms with E-state index in [0.717, 1.165) is 6.42 Å². The number of carbonyl (C=O) groups is 1. The van der Waals surface area contributed by atoms with Gasteiger partial charge >= 0.3 is 0 Å². The number of thiophene rings is 1. The van der Waals surface area contributed by atoms with Crippen molar-refractivity contribution in [2.75, 3.05) is 0 Å². The van der Waals surface area contributed by atoms with E-state index < -0.39 is 0 Å². The van der Waals surface area contributed by atoms with Crippen molar-refractivity contribution in [3.63, 3.8) is 0 Å². The van der Waals surface area contributed by atoms with E-state index in [1.54, 1.807) is 11.3 Å². The highest BCUT2D eigenvalue weighted by molar-refractivity contribution is 7.09. The van der Waals surface area contributed by atoms with Gasteiger partial charge in [-0.3, -0.25) is 4.79 Å². The van der Waals surface area contributed by atoms with Gasteiger partial charge < -0.3 is 5.32 Å². The Balaban J connectivity index is 2.57. The lowest BCUT2D eigenvalue weighted by Gasteiger charge is -2.24. The molecule has 1 heterocycles. The normalized spacial score (nSPS) is 11.0. The van der Waals surface area contributed by atoms with Gasteiger partial charge in [-0.15, -0.1) is 11.3 Å². The third-order valence-corrected chi connectivity index (χ3v) is 2.72. The SMILES string of the molecule is C=CC(=O)NC(C)(C)Cc1cccs1. The van der Waals surface area contributed by atoms with E-state index in [-0.39, 0.29) is 11.4 Å². The number of amides is 1. The molecule has 0 atom stereocenters. The molecule has 0 saturated carbocycles. The molecular formula is C11H15NOS. The smallest absolute Gasteiger partial charge is 0.243 e. The summed E-state index contributed by atoms with van der Waals surface area (Å²) in [4.78, 5) is 12.4. The molecule has 76 valence electrons. The molecule has 0 fully saturated rings. The fourth-order valence-electron chi connectivity index (χ4n) is 1.28. The van der Waals surface area contributed by atoms with E-state index in [2.05, 4.69) is 18.0 Å². The highest BCUT2D eigenvalue weighted by Crippen LogP contribution is 2.17. The molecule has 0 spiro atoms. The van der Waals surface area contributed by atoms with Crippen molar-refractivity contribution < 1.29 is 4.79 Å². The van der Waals surface area contributed by atoms with Crippen molar-refractivity contribution in [2.45, 2.75) is 25.8 Å². The molecule has 1 N–H and O–H groups in total. The lowest BCUT2D eigenvalue weighted by Crippen LogP contribution is -2.44. The molecule has 1 amide bonds. The Hall–Kier alpha value is -1.09. The van der Waals surface area contributed by atoms with Gasteiger partial charge in [-0.1, -0.05) is 12.6 Å². The zero-order chi connectivity index (χ0) is 10.6. The number of hydrogen-bond acceptors (Lipinski definition) is 2. The summed E-state index contributed by atoms with van der Waals surface area (Å²) >= 11 is 1.71. The molecular weight excluding hydrogens is 194 g/mol. The van der Waals surface area contributed by atoms with Crippen LogP contribution in [-0.2, 0) is 11.2 Å². The minimum absolute atomic E-state index is 0.119. The molecule has 0 unspecified atom stereocenters. The maximum absolute atomic E-state index is 11.1. The van der Waals surface area contributed by atoms with Crippen LogP contribution in [0.15, 0.2) is 30.2 Å². The first-order chi connectivity index (χ1) is 6.53. The summed E-state index contributed by atoms with van der Waals surface area (Å²) in [5.74, 6) is -0.119. The summed E-state index contributed by atoms with van der Waals surface area (Å²) in [5, 5.41) is 4.94. The molecule has 0 bridgehead atoms. The Labute approximate surface area is 88.6 Å². The summed E-state index contributed by atoms with van der Waals surface area (Å²) < 4.78 is 0. The van der Waals surface area contributed by atoms with Crippen LogP contribution in [0.25, 0.3) is 0 Å². The van der Waals surface area contributed by atoms with Gasteiger partial charge in [0.15, 0.2) is 0 Å². The summed E-state index contributed by atoms with van der Waals surface area (Å²) in [5.41, 5.74) is -0.212. The second-order valence-electron chi connectivity index (χ2n) is 3.83. The van der Waals surface area contributed by atoms with Crippen LogP contribution in [0.2, 0.25) is 0 Å². The van der Waals surface area contributed by atoms with Gasteiger partial charge in [0.1, 0.15) is 0 Å². The van der Waals surface area contributed by atoms with Crippen molar-refractivity contribution in [3.05, 3.63) is 35.0 Å². The molecule has 14 heavy (non-hydrogen) atoms. The van der Waals surface area contributed by atoms with Crippen LogP contribution >= 0.6 is 11.3 Å². The van der Waals surface area contributed by atoms with Gasteiger partial charge in [-0.2, -0.15) is 0 Å². The fraction of sp³-hybridized carbons (Fsp3) is 0.364. The number of nitrogens with one attached hydrogen (secondary N) is 1. The van der Waals surface area contributed by atoms with Crippen LogP contribution in [0.4, 0.5) is 0 Å². The molecule has 2 nitrogen and oxygen atoms in total. The Morgan fingerprint density at radius 3 is 2.93 bits per heavy atom. The topological polar surface area (TPSA) is 29.1 Å². The molecule has 0 aliphatic rings. The quantitative estimate of drug-likeness (QED) is 0.758. The van der Waals surface area contributed by atoms with Crippen LogP contribution in [0.1, 0.15) is 18.7 Å². The van der Waals surface area contributed by atoms with Crippen molar-refractivity contribution in [3.8, 4) is 0 Å². The van der Waals surface area contributed by atoms with E-state index in [1.807, 2.05) is 25.3 Å². The van der Waals surface area contributed by atoms with E-state index in [0.29, 0.717) is 0 Å². The second kappa shape index (κ2) is 4.42. The summed E-state index contributed by atoms with van der Waals surface area (Å²) in [6.07, 6.45) is 2.15. The van der Waals surface area contributed by atoms with Gasteiger partial charge in [-0.25, -0.2) is 0 Å². The molecule has 0 radical (unpaired) electrons.